The lowest BCUT2D eigenvalue weighted by Crippen LogP contribution is -2.25. The summed E-state index contributed by atoms with van der Waals surface area (Å²) in [5.41, 5.74) is 0. The lowest BCUT2D eigenvalue weighted by molar-refractivity contribution is 0.0654. The molecule has 0 aromatic carbocycles. The lowest BCUT2D eigenvalue weighted by atomic mass is 10.2. The number of nitrogens with zero attached hydrogens (tertiary/aromatic N) is 2. The van der Waals surface area contributed by atoms with Crippen LogP contribution in [-0.4, -0.2) is 43.0 Å². The fourth-order valence-corrected chi connectivity index (χ4v) is 1.73. The highest BCUT2D eigenvalue weighted by atomic mass is 16.5. The van der Waals surface area contributed by atoms with Crippen LogP contribution in [0.1, 0.15) is 25.2 Å². The SMILES string of the molecule is CCNC(CCOCCOC)c1nccn1C. The minimum Gasteiger partial charge on any atom is -0.382 e. The van der Waals surface area contributed by atoms with Crippen LogP contribution in [0.4, 0.5) is 0 Å². The van der Waals surface area contributed by atoms with Gasteiger partial charge in [0.1, 0.15) is 5.82 Å². The van der Waals surface area contributed by atoms with Gasteiger partial charge in [-0.05, 0) is 13.0 Å². The van der Waals surface area contributed by atoms with Gasteiger partial charge in [-0.3, -0.25) is 0 Å². The Kier molecular flexibility index (Phi) is 6.84. The standard InChI is InChI=1S/C12H23N3O2/c1-4-13-11(5-8-17-10-9-16-3)12-14-6-7-15(12)2/h6-7,11,13H,4-5,8-10H2,1-3H3. The fourth-order valence-electron chi connectivity index (χ4n) is 1.73. The van der Waals surface area contributed by atoms with Crippen molar-refractivity contribution in [1.82, 2.24) is 14.9 Å². The van der Waals surface area contributed by atoms with Crippen LogP contribution in [0.25, 0.3) is 0 Å². The molecule has 0 spiro atoms. The Hall–Kier alpha value is -0.910. The molecule has 98 valence electrons. The number of aryl methyl sites for hydroxylation is 1. The smallest absolute Gasteiger partial charge is 0.125 e. The van der Waals surface area contributed by atoms with Gasteiger partial charge < -0.3 is 19.4 Å². The molecule has 1 unspecified atom stereocenters. The van der Waals surface area contributed by atoms with Crippen molar-refractivity contribution in [3.05, 3.63) is 18.2 Å². The number of hydrogen-bond donors (Lipinski definition) is 1. The first-order valence-corrected chi connectivity index (χ1v) is 6.06. The van der Waals surface area contributed by atoms with Crippen molar-refractivity contribution in [3.8, 4) is 0 Å². The number of imidazole rings is 1. The van der Waals surface area contributed by atoms with E-state index in [0.717, 1.165) is 18.8 Å². The molecule has 0 aliphatic rings. The second-order valence-corrected chi connectivity index (χ2v) is 3.90. The summed E-state index contributed by atoms with van der Waals surface area (Å²) in [6, 6.07) is 0.252. The van der Waals surface area contributed by atoms with E-state index in [2.05, 4.69) is 17.2 Å². The van der Waals surface area contributed by atoms with Crippen molar-refractivity contribution in [3.63, 3.8) is 0 Å². The van der Waals surface area contributed by atoms with Gasteiger partial charge in [0, 0.05) is 33.2 Å². The highest BCUT2D eigenvalue weighted by Crippen LogP contribution is 2.13. The summed E-state index contributed by atoms with van der Waals surface area (Å²) in [6.07, 6.45) is 4.71. The van der Waals surface area contributed by atoms with Gasteiger partial charge in [-0.15, -0.1) is 0 Å². The van der Waals surface area contributed by atoms with Gasteiger partial charge in [0.2, 0.25) is 0 Å². The largest absolute Gasteiger partial charge is 0.382 e. The maximum atomic E-state index is 5.49. The van der Waals surface area contributed by atoms with E-state index in [0.29, 0.717) is 19.8 Å². The molecule has 1 atom stereocenters. The number of methoxy groups -OCH3 is 1. The van der Waals surface area contributed by atoms with Crippen molar-refractivity contribution >= 4 is 0 Å². The van der Waals surface area contributed by atoms with Crippen LogP contribution in [0.3, 0.4) is 0 Å². The Morgan fingerprint density at radius 1 is 1.41 bits per heavy atom. The van der Waals surface area contributed by atoms with Gasteiger partial charge in [0.25, 0.3) is 0 Å². The molecular formula is C12H23N3O2. The first kappa shape index (κ1) is 14.2. The predicted octanol–water partition coefficient (Wildman–Crippen LogP) is 1.12. The summed E-state index contributed by atoms with van der Waals surface area (Å²) in [7, 11) is 3.69. The van der Waals surface area contributed by atoms with E-state index in [9.17, 15) is 0 Å². The summed E-state index contributed by atoms with van der Waals surface area (Å²) in [5.74, 6) is 1.06. The normalized spacial score (nSPS) is 12.9. The van der Waals surface area contributed by atoms with Crippen LogP contribution in [0, 0.1) is 0 Å². The van der Waals surface area contributed by atoms with Gasteiger partial charge in [-0.25, -0.2) is 4.98 Å². The molecule has 0 saturated heterocycles. The molecule has 1 rings (SSSR count). The van der Waals surface area contributed by atoms with Crippen LogP contribution in [-0.2, 0) is 16.5 Å². The molecule has 5 heteroatoms. The van der Waals surface area contributed by atoms with Gasteiger partial charge in [0.15, 0.2) is 0 Å². The number of rotatable bonds is 9. The van der Waals surface area contributed by atoms with Crippen LogP contribution < -0.4 is 5.32 Å². The Labute approximate surface area is 103 Å². The molecule has 0 amide bonds. The quantitative estimate of drug-likeness (QED) is 0.658. The zero-order valence-electron chi connectivity index (χ0n) is 11.0. The summed E-state index contributed by atoms with van der Waals surface area (Å²) < 4.78 is 12.5. The molecule has 0 aliphatic carbocycles. The van der Waals surface area contributed by atoms with Crippen LogP contribution in [0.5, 0.6) is 0 Å². The molecule has 5 nitrogen and oxygen atoms in total. The van der Waals surface area contributed by atoms with Crippen LogP contribution in [0.2, 0.25) is 0 Å². The van der Waals surface area contributed by atoms with E-state index in [-0.39, 0.29) is 6.04 Å². The second-order valence-electron chi connectivity index (χ2n) is 3.90. The second kappa shape index (κ2) is 8.22. The van der Waals surface area contributed by atoms with Crippen molar-refractivity contribution in [2.45, 2.75) is 19.4 Å². The van der Waals surface area contributed by atoms with Crippen molar-refractivity contribution in [2.24, 2.45) is 7.05 Å². The topological polar surface area (TPSA) is 48.3 Å². The van der Waals surface area contributed by atoms with E-state index in [1.165, 1.54) is 0 Å². The van der Waals surface area contributed by atoms with Crippen molar-refractivity contribution in [1.29, 1.82) is 0 Å². The van der Waals surface area contributed by atoms with Gasteiger partial charge in [0.05, 0.1) is 19.3 Å². The Morgan fingerprint density at radius 3 is 2.82 bits per heavy atom. The Balaban J connectivity index is 2.36. The van der Waals surface area contributed by atoms with Gasteiger partial charge >= 0.3 is 0 Å². The minimum atomic E-state index is 0.252. The molecule has 1 N–H and O–H groups in total. The zero-order valence-corrected chi connectivity index (χ0v) is 11.0. The lowest BCUT2D eigenvalue weighted by Gasteiger charge is -2.17. The molecule has 0 fully saturated rings. The third kappa shape index (κ3) is 4.85. The molecule has 1 heterocycles. The maximum Gasteiger partial charge on any atom is 0.125 e. The number of nitrogens with one attached hydrogen (secondary N) is 1. The first-order chi connectivity index (χ1) is 8.29. The molecule has 0 aliphatic heterocycles. The Bertz CT molecular complexity index is 302. The van der Waals surface area contributed by atoms with Gasteiger partial charge in [-0.2, -0.15) is 0 Å². The van der Waals surface area contributed by atoms with E-state index in [1.54, 1.807) is 7.11 Å². The number of aromatic nitrogens is 2. The van der Waals surface area contributed by atoms with Crippen molar-refractivity contribution < 1.29 is 9.47 Å². The summed E-state index contributed by atoms with van der Waals surface area (Å²) in [5, 5.41) is 3.42. The summed E-state index contributed by atoms with van der Waals surface area (Å²) in [4.78, 5) is 4.37. The average Bonchev–Trinajstić information content (AvgIpc) is 2.74. The molecular weight excluding hydrogens is 218 g/mol. The predicted molar refractivity (Wildman–Crippen MR) is 66.9 cm³/mol. The Morgan fingerprint density at radius 2 is 2.24 bits per heavy atom. The zero-order chi connectivity index (χ0) is 12.5. The fraction of sp³-hybridized carbons (Fsp3) is 0.750. The summed E-state index contributed by atoms with van der Waals surface area (Å²) >= 11 is 0. The highest BCUT2D eigenvalue weighted by Gasteiger charge is 2.14. The molecule has 1 aromatic heterocycles. The van der Waals surface area contributed by atoms with E-state index >= 15 is 0 Å². The molecule has 1 aromatic rings. The molecule has 0 saturated carbocycles. The van der Waals surface area contributed by atoms with Crippen LogP contribution >= 0.6 is 0 Å². The molecule has 0 bridgehead atoms. The van der Waals surface area contributed by atoms with Crippen molar-refractivity contribution in [2.75, 3.05) is 33.5 Å². The van der Waals surface area contributed by atoms with E-state index < -0.39 is 0 Å². The third-order valence-corrected chi connectivity index (χ3v) is 2.60. The van der Waals surface area contributed by atoms with Gasteiger partial charge in [-0.1, -0.05) is 6.92 Å². The van der Waals surface area contributed by atoms with E-state index in [4.69, 9.17) is 9.47 Å². The molecule has 17 heavy (non-hydrogen) atoms. The molecule has 0 radical (unpaired) electrons. The average molecular weight is 241 g/mol. The minimum absolute atomic E-state index is 0.252. The highest BCUT2D eigenvalue weighted by molar-refractivity contribution is 4.98. The van der Waals surface area contributed by atoms with E-state index in [1.807, 2.05) is 24.0 Å². The first-order valence-electron chi connectivity index (χ1n) is 6.06. The maximum absolute atomic E-state index is 5.49. The van der Waals surface area contributed by atoms with Crippen LogP contribution in [0.15, 0.2) is 12.4 Å². The third-order valence-electron chi connectivity index (χ3n) is 2.60. The number of hydrogen-bond acceptors (Lipinski definition) is 4. The number of ether oxygens (including phenoxy) is 2. The summed E-state index contributed by atoms with van der Waals surface area (Å²) in [6.45, 7) is 5.04. The monoisotopic (exact) mass is 241 g/mol.